The number of hydrogen-bond donors (Lipinski definition) is 2. The van der Waals surface area contributed by atoms with E-state index in [0.29, 0.717) is 6.42 Å². The Balaban J connectivity index is 3.91. The van der Waals surface area contributed by atoms with Crippen LogP contribution in [0.4, 0.5) is 0 Å². The highest BCUT2D eigenvalue weighted by Gasteiger charge is 2.26. The third-order valence-corrected chi connectivity index (χ3v) is 14.8. The highest BCUT2D eigenvalue weighted by atomic mass is 31.2. The van der Waals surface area contributed by atoms with E-state index < -0.39 is 26.5 Å². The van der Waals surface area contributed by atoms with Crippen LogP contribution >= 0.6 is 7.82 Å². The third kappa shape index (κ3) is 60.7. The number of ether oxygens (including phenoxy) is 2. The number of esters is 2. The molecule has 0 aromatic carbocycles. The molecule has 0 saturated carbocycles. The molecule has 9 nitrogen and oxygen atoms in total. The predicted octanol–water partition coefficient (Wildman–Crippen LogP) is 20.5. The first-order chi connectivity index (χ1) is 37.3. The molecule has 76 heavy (non-hydrogen) atoms. The number of hydrogen-bond acceptors (Lipinski definition) is 8. The van der Waals surface area contributed by atoms with Crippen molar-refractivity contribution in [2.24, 2.45) is 5.73 Å². The molecule has 10 heteroatoms. The van der Waals surface area contributed by atoms with Crippen LogP contribution in [0.15, 0.2) is 72.9 Å². The van der Waals surface area contributed by atoms with Gasteiger partial charge in [-0.3, -0.25) is 18.6 Å². The van der Waals surface area contributed by atoms with E-state index >= 15 is 0 Å². The topological polar surface area (TPSA) is 134 Å². The summed E-state index contributed by atoms with van der Waals surface area (Å²) in [5.41, 5.74) is 5.39. The lowest BCUT2D eigenvalue weighted by Gasteiger charge is -2.19. The van der Waals surface area contributed by atoms with Gasteiger partial charge >= 0.3 is 19.8 Å². The molecular weight excluding hydrogens is 966 g/mol. The van der Waals surface area contributed by atoms with Crippen molar-refractivity contribution in [1.82, 2.24) is 0 Å². The second-order valence-corrected chi connectivity index (χ2v) is 22.7. The second-order valence-electron chi connectivity index (χ2n) is 21.3. The number of phosphoric acid groups is 1. The van der Waals surface area contributed by atoms with E-state index in [-0.39, 0.29) is 38.6 Å². The quantitative estimate of drug-likeness (QED) is 0.0264. The molecule has 2 unspecified atom stereocenters. The van der Waals surface area contributed by atoms with Gasteiger partial charge in [0, 0.05) is 19.4 Å². The van der Waals surface area contributed by atoms with E-state index in [1.54, 1.807) is 0 Å². The number of phosphoric ester groups is 1. The number of allylic oxidation sites excluding steroid dienone is 12. The van der Waals surface area contributed by atoms with Crippen LogP contribution in [0.2, 0.25) is 0 Å². The van der Waals surface area contributed by atoms with Crippen LogP contribution < -0.4 is 5.73 Å². The molecule has 0 radical (unpaired) electrons. The molecule has 0 saturated heterocycles. The van der Waals surface area contributed by atoms with Crippen molar-refractivity contribution in [2.75, 3.05) is 26.4 Å². The molecule has 0 aliphatic carbocycles. The fourth-order valence-electron chi connectivity index (χ4n) is 9.17. The van der Waals surface area contributed by atoms with Crippen molar-refractivity contribution in [1.29, 1.82) is 0 Å². The zero-order valence-electron chi connectivity index (χ0n) is 49.5. The molecule has 0 fully saturated rings. The van der Waals surface area contributed by atoms with Crippen LogP contribution in [-0.2, 0) is 32.7 Å². The number of carbonyl (C=O) groups is 2. The van der Waals surface area contributed by atoms with Crippen molar-refractivity contribution < 1.29 is 37.6 Å². The van der Waals surface area contributed by atoms with E-state index in [1.807, 2.05) is 0 Å². The van der Waals surface area contributed by atoms with E-state index in [4.69, 9.17) is 24.3 Å². The summed E-state index contributed by atoms with van der Waals surface area (Å²) >= 11 is 0. The van der Waals surface area contributed by atoms with E-state index in [2.05, 4.69) is 86.8 Å². The fourth-order valence-corrected chi connectivity index (χ4v) is 9.94. The predicted molar refractivity (Wildman–Crippen MR) is 326 cm³/mol. The molecule has 0 aliphatic rings. The van der Waals surface area contributed by atoms with Gasteiger partial charge in [-0.25, -0.2) is 4.57 Å². The summed E-state index contributed by atoms with van der Waals surface area (Å²) in [5.74, 6) is -0.848. The SMILES string of the molecule is CC/C=C\C/C=C\C/C=C\C/C=C\C/C=C\C/C=C\CCCCCCC(=O)OC(COC(=O)CCCCCCCCCCCCCCCCCCCCCCCCCCCCCCCCCC)COP(=O)(O)OCCN. The van der Waals surface area contributed by atoms with Gasteiger partial charge in [-0.15, -0.1) is 0 Å². The molecule has 0 aromatic heterocycles. The zero-order valence-corrected chi connectivity index (χ0v) is 50.4. The zero-order chi connectivity index (χ0) is 55.2. The van der Waals surface area contributed by atoms with Gasteiger partial charge in [0.15, 0.2) is 6.10 Å². The summed E-state index contributed by atoms with van der Waals surface area (Å²) in [4.78, 5) is 35.2. The minimum atomic E-state index is -4.40. The summed E-state index contributed by atoms with van der Waals surface area (Å²) in [6.07, 6.45) is 79.9. The van der Waals surface area contributed by atoms with Gasteiger partial charge < -0.3 is 20.1 Å². The molecular formula is C66H120NO8P. The maximum atomic E-state index is 12.7. The van der Waals surface area contributed by atoms with Gasteiger partial charge in [0.05, 0.1) is 13.2 Å². The standard InChI is InChI=1S/C66H120NO8P/c1-3-5-7-9-11-13-15-17-19-21-23-25-27-28-29-30-31-32-33-34-35-37-38-40-42-44-46-48-50-52-54-56-58-65(68)72-62-64(63-74-76(70,71)73-61-60-67)75-66(69)59-57-55-53-51-49-47-45-43-41-39-36-26-24-22-20-18-16-14-12-10-8-6-4-2/h6,8,12,14,18,20,24,26,39,41,45,47,64H,3-5,7,9-11,13,15-17,19,21-23,25,27-38,40,42-44,46,48-63,67H2,1-2H3,(H,70,71)/b8-6-,14-12-,20-18-,26-24-,41-39-,47-45-. The van der Waals surface area contributed by atoms with Gasteiger partial charge in [-0.2, -0.15) is 0 Å². The third-order valence-electron chi connectivity index (χ3n) is 13.9. The first-order valence-electron chi connectivity index (χ1n) is 31.9. The minimum absolute atomic E-state index is 0.0467. The Hall–Kier alpha value is -2.55. The smallest absolute Gasteiger partial charge is 0.462 e. The average molecular weight is 1090 g/mol. The molecule has 0 heterocycles. The van der Waals surface area contributed by atoms with Gasteiger partial charge in [0.2, 0.25) is 0 Å². The molecule has 0 spiro atoms. The van der Waals surface area contributed by atoms with Gasteiger partial charge in [0.1, 0.15) is 6.61 Å². The van der Waals surface area contributed by atoms with E-state index in [9.17, 15) is 19.0 Å². The summed E-state index contributed by atoms with van der Waals surface area (Å²) < 4.78 is 33.1. The largest absolute Gasteiger partial charge is 0.472 e. The van der Waals surface area contributed by atoms with Crippen LogP contribution in [0, 0.1) is 0 Å². The van der Waals surface area contributed by atoms with Crippen molar-refractivity contribution in [3.63, 3.8) is 0 Å². The van der Waals surface area contributed by atoms with Crippen molar-refractivity contribution in [3.8, 4) is 0 Å². The molecule has 0 bridgehead atoms. The van der Waals surface area contributed by atoms with Crippen LogP contribution in [0.5, 0.6) is 0 Å². The van der Waals surface area contributed by atoms with Crippen LogP contribution in [-0.4, -0.2) is 49.3 Å². The Morgan fingerprint density at radius 1 is 0.408 bits per heavy atom. The molecule has 0 amide bonds. The van der Waals surface area contributed by atoms with E-state index in [1.165, 1.54) is 186 Å². The number of rotatable bonds is 60. The summed E-state index contributed by atoms with van der Waals surface area (Å²) in [6, 6.07) is 0. The normalized spacial score (nSPS) is 13.5. The first-order valence-corrected chi connectivity index (χ1v) is 33.4. The summed E-state index contributed by atoms with van der Waals surface area (Å²) in [6.45, 7) is 3.64. The van der Waals surface area contributed by atoms with Crippen molar-refractivity contribution >= 4 is 19.8 Å². The van der Waals surface area contributed by atoms with Crippen molar-refractivity contribution in [2.45, 2.75) is 309 Å². The Labute approximate surface area is 469 Å². The Bertz CT molecular complexity index is 1470. The molecule has 0 aliphatic heterocycles. The van der Waals surface area contributed by atoms with Crippen LogP contribution in [0.25, 0.3) is 0 Å². The Kier molecular flexibility index (Phi) is 59.6. The van der Waals surface area contributed by atoms with Crippen molar-refractivity contribution in [3.05, 3.63) is 72.9 Å². The molecule has 442 valence electrons. The summed E-state index contributed by atoms with van der Waals surface area (Å²) in [5, 5.41) is 0. The van der Waals surface area contributed by atoms with Gasteiger partial charge in [-0.05, 0) is 64.2 Å². The molecule has 0 aromatic rings. The maximum absolute atomic E-state index is 12.7. The highest BCUT2D eigenvalue weighted by Crippen LogP contribution is 2.43. The Morgan fingerprint density at radius 2 is 0.724 bits per heavy atom. The van der Waals surface area contributed by atoms with Gasteiger partial charge in [0.25, 0.3) is 0 Å². The number of carbonyl (C=O) groups excluding carboxylic acids is 2. The lowest BCUT2D eigenvalue weighted by atomic mass is 10.0. The highest BCUT2D eigenvalue weighted by molar-refractivity contribution is 7.47. The van der Waals surface area contributed by atoms with Crippen LogP contribution in [0.3, 0.4) is 0 Å². The Morgan fingerprint density at radius 3 is 1.08 bits per heavy atom. The summed E-state index contributed by atoms with van der Waals surface area (Å²) in [7, 11) is -4.40. The number of nitrogens with two attached hydrogens (primary N) is 1. The maximum Gasteiger partial charge on any atom is 0.472 e. The molecule has 3 N–H and O–H groups in total. The molecule has 0 rings (SSSR count). The lowest BCUT2D eigenvalue weighted by Crippen LogP contribution is -2.29. The second kappa shape index (κ2) is 61.7. The first kappa shape index (κ1) is 73.5. The van der Waals surface area contributed by atoms with E-state index in [0.717, 1.165) is 83.5 Å². The lowest BCUT2D eigenvalue weighted by molar-refractivity contribution is -0.161. The monoisotopic (exact) mass is 1090 g/mol. The average Bonchev–Trinajstić information content (AvgIpc) is 3.41. The van der Waals surface area contributed by atoms with Gasteiger partial charge in [-0.1, -0.05) is 299 Å². The minimum Gasteiger partial charge on any atom is -0.462 e. The molecule has 2 atom stereocenters. The number of unbranched alkanes of at least 4 members (excludes halogenated alkanes) is 35. The van der Waals surface area contributed by atoms with Crippen LogP contribution in [0.1, 0.15) is 303 Å². The fraction of sp³-hybridized carbons (Fsp3) is 0.788.